The van der Waals surface area contributed by atoms with E-state index >= 15 is 0 Å². The van der Waals surface area contributed by atoms with Crippen LogP contribution in [0.1, 0.15) is 10.4 Å². The van der Waals surface area contributed by atoms with Crippen molar-refractivity contribution in [3.63, 3.8) is 0 Å². The molecule has 7 heteroatoms. The Balaban J connectivity index is 2.28. The van der Waals surface area contributed by atoms with Gasteiger partial charge in [-0.05, 0) is 18.2 Å². The van der Waals surface area contributed by atoms with Crippen molar-refractivity contribution in [3.8, 4) is 0 Å². The summed E-state index contributed by atoms with van der Waals surface area (Å²) in [6.07, 6.45) is 0. The van der Waals surface area contributed by atoms with Crippen molar-refractivity contribution in [1.82, 2.24) is 4.90 Å². The van der Waals surface area contributed by atoms with Gasteiger partial charge >= 0.3 is 5.97 Å². The summed E-state index contributed by atoms with van der Waals surface area (Å²) in [6.45, 7) is 0.345. The summed E-state index contributed by atoms with van der Waals surface area (Å²) in [6, 6.07) is 2.32. The van der Waals surface area contributed by atoms with Gasteiger partial charge in [-0.15, -0.1) is 0 Å². The Bertz CT molecular complexity index is 522. The van der Waals surface area contributed by atoms with Gasteiger partial charge in [-0.25, -0.2) is 9.18 Å². The summed E-state index contributed by atoms with van der Waals surface area (Å²) in [7, 11) is 0. The molecule has 1 aliphatic rings. The zero-order valence-electron chi connectivity index (χ0n) is 9.81. The van der Waals surface area contributed by atoms with Crippen molar-refractivity contribution in [2.24, 2.45) is 0 Å². The van der Waals surface area contributed by atoms with Gasteiger partial charge in [0.15, 0.2) is 6.04 Å². The number of carbonyl (C=O) groups excluding carboxylic acids is 1. The van der Waals surface area contributed by atoms with E-state index in [2.05, 4.69) is 0 Å². The number of benzene rings is 1. The number of ether oxygens (including phenoxy) is 1. The lowest BCUT2D eigenvalue weighted by Gasteiger charge is -2.33. The lowest BCUT2D eigenvalue weighted by atomic mass is 10.1. The van der Waals surface area contributed by atoms with Crippen LogP contribution in [0.25, 0.3) is 0 Å². The van der Waals surface area contributed by atoms with Crippen LogP contribution in [0, 0.1) is 5.82 Å². The molecule has 1 fully saturated rings. The third-order valence-corrected chi connectivity index (χ3v) is 3.15. The monoisotopic (exact) mass is 287 g/mol. The van der Waals surface area contributed by atoms with E-state index in [0.717, 1.165) is 12.1 Å². The Hall–Kier alpha value is -1.66. The van der Waals surface area contributed by atoms with Crippen LogP contribution in [-0.2, 0) is 9.53 Å². The summed E-state index contributed by atoms with van der Waals surface area (Å²) in [5.41, 5.74) is 0.0798. The highest BCUT2D eigenvalue weighted by Gasteiger charge is 2.33. The molecule has 2 rings (SSSR count). The highest BCUT2D eigenvalue weighted by Crippen LogP contribution is 2.21. The number of hydrogen-bond acceptors (Lipinski definition) is 3. The average molecular weight is 288 g/mol. The summed E-state index contributed by atoms with van der Waals surface area (Å²) < 4.78 is 18.0. The molecule has 1 saturated heterocycles. The highest BCUT2D eigenvalue weighted by atomic mass is 35.5. The second-order valence-corrected chi connectivity index (χ2v) is 4.46. The molecule has 5 nitrogen and oxygen atoms in total. The van der Waals surface area contributed by atoms with Crippen LogP contribution in [0.2, 0.25) is 5.02 Å². The second-order valence-electron chi connectivity index (χ2n) is 4.05. The molecule has 1 unspecified atom stereocenters. The van der Waals surface area contributed by atoms with Gasteiger partial charge in [-0.1, -0.05) is 11.6 Å². The average Bonchev–Trinajstić information content (AvgIpc) is 2.38. The number of carboxylic acids is 1. The summed E-state index contributed by atoms with van der Waals surface area (Å²) in [4.78, 5) is 24.5. The van der Waals surface area contributed by atoms with Gasteiger partial charge in [0.25, 0.3) is 5.91 Å². The van der Waals surface area contributed by atoms with Crippen LogP contribution in [0.15, 0.2) is 18.2 Å². The van der Waals surface area contributed by atoms with Crippen LogP contribution in [0.3, 0.4) is 0 Å². The van der Waals surface area contributed by atoms with Crippen LogP contribution in [0.5, 0.6) is 0 Å². The van der Waals surface area contributed by atoms with E-state index in [1.165, 1.54) is 11.0 Å². The van der Waals surface area contributed by atoms with Crippen LogP contribution in [-0.4, -0.2) is 47.7 Å². The standard InChI is InChI=1S/C12H11ClFNO4/c13-9-5-7(14)1-2-8(9)11(16)15-3-4-19-6-10(15)12(17)18/h1-2,5,10H,3-4,6H2,(H,17,18). The van der Waals surface area contributed by atoms with E-state index < -0.39 is 23.7 Å². The number of nitrogens with zero attached hydrogens (tertiary/aromatic N) is 1. The van der Waals surface area contributed by atoms with Crippen molar-refractivity contribution in [2.75, 3.05) is 19.8 Å². The molecule has 1 N–H and O–H groups in total. The van der Waals surface area contributed by atoms with Gasteiger partial charge < -0.3 is 14.7 Å². The zero-order valence-corrected chi connectivity index (χ0v) is 10.6. The molecule has 19 heavy (non-hydrogen) atoms. The number of hydrogen-bond donors (Lipinski definition) is 1. The van der Waals surface area contributed by atoms with Gasteiger partial charge in [0, 0.05) is 6.54 Å². The Morgan fingerprint density at radius 1 is 1.47 bits per heavy atom. The molecule has 0 aromatic heterocycles. The Morgan fingerprint density at radius 2 is 2.21 bits per heavy atom. The first-order chi connectivity index (χ1) is 9.00. The van der Waals surface area contributed by atoms with E-state index in [0.29, 0.717) is 0 Å². The predicted molar refractivity (Wildman–Crippen MR) is 64.7 cm³/mol. The Kier molecular flexibility index (Phi) is 4.01. The zero-order chi connectivity index (χ0) is 14.0. The van der Waals surface area contributed by atoms with E-state index in [9.17, 15) is 14.0 Å². The lowest BCUT2D eigenvalue weighted by Crippen LogP contribution is -2.52. The van der Waals surface area contributed by atoms with Crippen LogP contribution < -0.4 is 0 Å². The molecule has 1 aromatic rings. The number of halogens is 2. The Morgan fingerprint density at radius 3 is 2.84 bits per heavy atom. The molecular weight excluding hydrogens is 277 g/mol. The van der Waals surface area contributed by atoms with Crippen molar-refractivity contribution in [3.05, 3.63) is 34.6 Å². The molecule has 0 aliphatic carbocycles. The topological polar surface area (TPSA) is 66.8 Å². The maximum atomic E-state index is 12.9. The van der Waals surface area contributed by atoms with E-state index in [1.54, 1.807) is 0 Å². The van der Waals surface area contributed by atoms with Gasteiger partial charge in [0.2, 0.25) is 0 Å². The molecule has 1 amide bonds. The van der Waals surface area contributed by atoms with Gasteiger partial charge in [0.05, 0.1) is 23.8 Å². The summed E-state index contributed by atoms with van der Waals surface area (Å²) in [5.74, 6) is -2.25. The molecule has 1 aromatic carbocycles. The maximum Gasteiger partial charge on any atom is 0.328 e. The number of aliphatic carboxylic acids is 1. The smallest absolute Gasteiger partial charge is 0.328 e. The third-order valence-electron chi connectivity index (χ3n) is 2.84. The maximum absolute atomic E-state index is 12.9. The molecule has 102 valence electrons. The molecule has 0 spiro atoms. The van der Waals surface area contributed by atoms with Crippen LogP contribution >= 0.6 is 11.6 Å². The first-order valence-electron chi connectivity index (χ1n) is 5.57. The fraction of sp³-hybridized carbons (Fsp3) is 0.333. The highest BCUT2D eigenvalue weighted by molar-refractivity contribution is 6.33. The number of carbonyl (C=O) groups is 2. The van der Waals surface area contributed by atoms with Gasteiger partial charge in [-0.3, -0.25) is 4.79 Å². The minimum absolute atomic E-state index is 0.0411. The van der Waals surface area contributed by atoms with Crippen LogP contribution in [0.4, 0.5) is 4.39 Å². The lowest BCUT2D eigenvalue weighted by molar-refractivity contribution is -0.147. The molecule has 0 bridgehead atoms. The minimum atomic E-state index is -1.15. The molecular formula is C12H11ClFNO4. The fourth-order valence-corrected chi connectivity index (χ4v) is 2.12. The second kappa shape index (κ2) is 5.54. The normalized spacial score (nSPS) is 19.3. The first-order valence-corrected chi connectivity index (χ1v) is 5.95. The first kappa shape index (κ1) is 13.8. The van der Waals surface area contributed by atoms with Crippen molar-refractivity contribution >= 4 is 23.5 Å². The van der Waals surface area contributed by atoms with E-state index in [-0.39, 0.29) is 30.3 Å². The number of amides is 1. The SMILES string of the molecule is O=C(O)C1COCCN1C(=O)c1ccc(F)cc1Cl. The minimum Gasteiger partial charge on any atom is -0.480 e. The summed E-state index contributed by atoms with van der Waals surface area (Å²) >= 11 is 5.80. The number of rotatable bonds is 2. The van der Waals surface area contributed by atoms with Gasteiger partial charge in [0.1, 0.15) is 5.82 Å². The third kappa shape index (κ3) is 2.85. The largest absolute Gasteiger partial charge is 0.480 e. The number of morpholine rings is 1. The van der Waals surface area contributed by atoms with E-state index in [1.807, 2.05) is 0 Å². The fourth-order valence-electron chi connectivity index (χ4n) is 1.87. The quantitative estimate of drug-likeness (QED) is 0.893. The summed E-state index contributed by atoms with van der Waals surface area (Å²) in [5, 5.41) is 9.01. The molecule has 1 aliphatic heterocycles. The van der Waals surface area contributed by atoms with E-state index in [4.69, 9.17) is 21.4 Å². The molecule has 0 saturated carbocycles. The molecule has 0 radical (unpaired) electrons. The molecule has 1 atom stereocenters. The Labute approximate surface area is 113 Å². The molecule has 1 heterocycles. The van der Waals surface area contributed by atoms with Gasteiger partial charge in [-0.2, -0.15) is 0 Å². The van der Waals surface area contributed by atoms with Crippen molar-refractivity contribution < 1.29 is 23.8 Å². The van der Waals surface area contributed by atoms with Crippen molar-refractivity contribution in [2.45, 2.75) is 6.04 Å². The predicted octanol–water partition coefficient (Wildman–Crippen LogP) is 1.40. The number of carboxylic acid groups (broad SMARTS) is 1. The van der Waals surface area contributed by atoms with Crippen molar-refractivity contribution in [1.29, 1.82) is 0 Å².